The van der Waals surface area contributed by atoms with Gasteiger partial charge in [-0.3, -0.25) is 0 Å². The Balaban J connectivity index is 2.09. The van der Waals surface area contributed by atoms with Gasteiger partial charge in [-0.15, -0.1) is 0 Å². The van der Waals surface area contributed by atoms with Gasteiger partial charge in [0.15, 0.2) is 10.3 Å². The first-order valence-electron chi connectivity index (χ1n) is 6.60. The maximum Gasteiger partial charge on any atom is 0.410 e. The van der Waals surface area contributed by atoms with E-state index in [0.29, 0.717) is 41.7 Å². The summed E-state index contributed by atoms with van der Waals surface area (Å²) in [6, 6.07) is -0.152. The van der Waals surface area contributed by atoms with Crippen LogP contribution in [0.3, 0.4) is 0 Å². The normalized spacial score (nSPS) is 18.6. The lowest BCUT2D eigenvalue weighted by Gasteiger charge is -2.33. The smallest absolute Gasteiger partial charge is 0.410 e. The second kappa shape index (κ2) is 5.31. The highest BCUT2D eigenvalue weighted by Gasteiger charge is 2.32. The van der Waals surface area contributed by atoms with E-state index >= 15 is 0 Å². The third kappa shape index (κ3) is 3.11. The first kappa shape index (κ1) is 15.2. The van der Waals surface area contributed by atoms with E-state index in [1.807, 2.05) is 0 Å². The molecule has 0 fully saturated rings. The molecule has 1 aliphatic rings. The lowest BCUT2D eigenvalue weighted by molar-refractivity contribution is 0.0209. The fourth-order valence-corrected chi connectivity index (χ4v) is 3.19. The maximum absolute atomic E-state index is 13.6. The van der Waals surface area contributed by atoms with E-state index < -0.39 is 22.0 Å². The molecule has 3 nitrogen and oxygen atoms in total. The van der Waals surface area contributed by atoms with Crippen LogP contribution in [0.5, 0.6) is 0 Å². The topological polar surface area (TPSA) is 29.5 Å². The Morgan fingerprint density at radius 1 is 1.30 bits per heavy atom. The summed E-state index contributed by atoms with van der Waals surface area (Å²) in [7, 11) is 1.64. The van der Waals surface area contributed by atoms with Crippen molar-refractivity contribution >= 4 is 17.4 Å². The number of nitrogens with zero attached hydrogens (tertiary/aromatic N) is 1. The minimum Gasteiger partial charge on any atom is -0.444 e. The van der Waals surface area contributed by atoms with Crippen LogP contribution >= 0.6 is 11.3 Å². The number of halogens is 2. The molecule has 1 aromatic heterocycles. The van der Waals surface area contributed by atoms with Crippen LogP contribution in [-0.2, 0) is 17.6 Å². The molecule has 0 aromatic carbocycles. The molecular formula is C14H19F2NO2S. The third-order valence-electron chi connectivity index (χ3n) is 3.41. The zero-order valence-corrected chi connectivity index (χ0v) is 12.9. The quantitative estimate of drug-likeness (QED) is 0.791. The fourth-order valence-electron chi connectivity index (χ4n) is 2.35. The number of rotatable bonds is 1. The van der Waals surface area contributed by atoms with E-state index in [1.165, 1.54) is 4.90 Å². The third-order valence-corrected chi connectivity index (χ3v) is 4.27. The van der Waals surface area contributed by atoms with Crippen molar-refractivity contribution in [1.29, 1.82) is 0 Å². The highest BCUT2D eigenvalue weighted by atomic mass is 32.1. The second-order valence-electron chi connectivity index (χ2n) is 6.09. The molecule has 1 aliphatic carbocycles. The molecule has 1 aromatic rings. The van der Waals surface area contributed by atoms with Gasteiger partial charge in [0.2, 0.25) is 0 Å². The van der Waals surface area contributed by atoms with Crippen LogP contribution in [0.25, 0.3) is 0 Å². The molecule has 0 radical (unpaired) electrons. The molecule has 0 saturated heterocycles. The summed E-state index contributed by atoms with van der Waals surface area (Å²) in [6.07, 6.45) is 0.995. The molecule has 1 amide bonds. The molecule has 0 spiro atoms. The van der Waals surface area contributed by atoms with Crippen molar-refractivity contribution in [3.63, 3.8) is 0 Å². The summed E-state index contributed by atoms with van der Waals surface area (Å²) in [5.74, 6) is 0. The number of hydrogen-bond acceptors (Lipinski definition) is 3. The molecule has 1 atom stereocenters. The van der Waals surface area contributed by atoms with Crippen LogP contribution < -0.4 is 0 Å². The van der Waals surface area contributed by atoms with E-state index in [1.54, 1.807) is 27.8 Å². The zero-order chi connectivity index (χ0) is 15.1. The fraction of sp³-hybridized carbons (Fsp3) is 0.643. The van der Waals surface area contributed by atoms with Gasteiger partial charge in [-0.25, -0.2) is 4.79 Å². The van der Waals surface area contributed by atoms with Gasteiger partial charge in [0, 0.05) is 24.2 Å². The van der Waals surface area contributed by atoms with Crippen LogP contribution in [0.4, 0.5) is 13.6 Å². The SMILES string of the molecule is CN(C(=O)OC(C)(C)C)C1CCc2c(F)sc(F)c2C1. The van der Waals surface area contributed by atoms with E-state index in [4.69, 9.17) is 4.74 Å². The number of ether oxygens (including phenoxy) is 1. The van der Waals surface area contributed by atoms with Gasteiger partial charge in [-0.1, -0.05) is 11.3 Å². The summed E-state index contributed by atoms with van der Waals surface area (Å²) < 4.78 is 32.4. The Kier molecular flexibility index (Phi) is 4.04. The van der Waals surface area contributed by atoms with Crippen LogP contribution in [0.2, 0.25) is 0 Å². The van der Waals surface area contributed by atoms with Gasteiger partial charge < -0.3 is 9.64 Å². The van der Waals surface area contributed by atoms with E-state index in [-0.39, 0.29) is 6.04 Å². The van der Waals surface area contributed by atoms with Gasteiger partial charge in [0.1, 0.15) is 5.60 Å². The lowest BCUT2D eigenvalue weighted by atomic mass is 9.90. The zero-order valence-electron chi connectivity index (χ0n) is 12.1. The highest BCUT2D eigenvalue weighted by molar-refractivity contribution is 7.08. The van der Waals surface area contributed by atoms with Crippen molar-refractivity contribution in [2.24, 2.45) is 0 Å². The second-order valence-corrected chi connectivity index (χ2v) is 7.02. The van der Waals surface area contributed by atoms with Crippen LogP contribution in [0.15, 0.2) is 0 Å². The Bertz CT molecular complexity index is 522. The highest BCUT2D eigenvalue weighted by Crippen LogP contribution is 2.33. The largest absolute Gasteiger partial charge is 0.444 e. The lowest BCUT2D eigenvalue weighted by Crippen LogP contribution is -2.43. The molecule has 2 rings (SSSR count). The molecule has 6 heteroatoms. The summed E-state index contributed by atoms with van der Waals surface area (Å²) in [6.45, 7) is 5.39. The number of fused-ring (bicyclic) bond motifs is 1. The average molecular weight is 303 g/mol. The van der Waals surface area contributed by atoms with Gasteiger partial charge in [0.25, 0.3) is 0 Å². The predicted molar refractivity (Wildman–Crippen MR) is 74.0 cm³/mol. The molecule has 1 unspecified atom stereocenters. The Labute approximate surface area is 121 Å². The van der Waals surface area contributed by atoms with Crippen molar-refractivity contribution in [3.8, 4) is 0 Å². The number of likely N-dealkylation sites (N-methyl/N-ethyl adjacent to an activating group) is 1. The molecule has 112 valence electrons. The predicted octanol–water partition coefficient (Wildman–Crippen LogP) is 3.75. The van der Waals surface area contributed by atoms with Crippen molar-refractivity contribution in [2.45, 2.75) is 51.7 Å². The average Bonchev–Trinajstić information content (AvgIpc) is 2.61. The summed E-state index contributed by atoms with van der Waals surface area (Å²) >= 11 is 0.549. The minimum atomic E-state index is -0.565. The van der Waals surface area contributed by atoms with Crippen molar-refractivity contribution in [1.82, 2.24) is 4.90 Å². The summed E-state index contributed by atoms with van der Waals surface area (Å²) in [5.41, 5.74) is 0.325. The molecule has 1 heterocycles. The van der Waals surface area contributed by atoms with Crippen molar-refractivity contribution < 1.29 is 18.3 Å². The number of amides is 1. The monoisotopic (exact) mass is 303 g/mol. The molecular weight excluding hydrogens is 284 g/mol. The first-order chi connectivity index (χ1) is 9.19. The van der Waals surface area contributed by atoms with Gasteiger partial charge in [-0.2, -0.15) is 8.78 Å². The van der Waals surface area contributed by atoms with E-state index in [0.717, 1.165) is 0 Å². The van der Waals surface area contributed by atoms with E-state index in [9.17, 15) is 13.6 Å². The molecule has 20 heavy (non-hydrogen) atoms. The first-order valence-corrected chi connectivity index (χ1v) is 7.42. The number of hydrogen-bond donors (Lipinski definition) is 0. The Hall–Kier alpha value is -1.17. The minimum absolute atomic E-state index is 0.152. The molecule has 0 aliphatic heterocycles. The van der Waals surface area contributed by atoms with Gasteiger partial charge in [0.05, 0.1) is 0 Å². The Morgan fingerprint density at radius 3 is 2.50 bits per heavy atom. The van der Waals surface area contributed by atoms with Gasteiger partial charge in [-0.05, 0) is 40.0 Å². The van der Waals surface area contributed by atoms with Crippen LogP contribution in [-0.4, -0.2) is 29.7 Å². The van der Waals surface area contributed by atoms with Crippen LogP contribution in [0, 0.1) is 10.3 Å². The molecule has 0 bridgehead atoms. The standard InChI is InChI=1S/C14H19F2NO2S/c1-14(2,3)19-13(18)17(4)8-5-6-9-10(7-8)12(16)20-11(9)15/h8H,5-7H2,1-4H3. The number of carbonyl (C=O) groups excluding carboxylic acids is 1. The molecule has 0 saturated carbocycles. The van der Waals surface area contributed by atoms with Crippen LogP contribution in [0.1, 0.15) is 38.3 Å². The Morgan fingerprint density at radius 2 is 1.90 bits per heavy atom. The maximum atomic E-state index is 13.6. The van der Waals surface area contributed by atoms with E-state index in [2.05, 4.69) is 0 Å². The summed E-state index contributed by atoms with van der Waals surface area (Å²) in [5, 5.41) is -0.907. The number of thiophene rings is 1. The molecule has 0 N–H and O–H groups in total. The number of carbonyl (C=O) groups is 1. The van der Waals surface area contributed by atoms with Crippen molar-refractivity contribution in [3.05, 3.63) is 21.4 Å². The van der Waals surface area contributed by atoms with Gasteiger partial charge >= 0.3 is 6.09 Å². The summed E-state index contributed by atoms with van der Waals surface area (Å²) in [4.78, 5) is 13.5. The van der Waals surface area contributed by atoms with Crippen molar-refractivity contribution in [2.75, 3.05) is 7.05 Å².